The summed E-state index contributed by atoms with van der Waals surface area (Å²) in [7, 11) is 0. The summed E-state index contributed by atoms with van der Waals surface area (Å²) in [6.45, 7) is 9.81. The van der Waals surface area contributed by atoms with Crippen LogP contribution < -0.4 is 5.32 Å². The SMILES string of the molecule is Cc1ncnc(C)c1CCN1CCNCC1. The van der Waals surface area contributed by atoms with Gasteiger partial charge in [-0.1, -0.05) is 0 Å². The maximum atomic E-state index is 4.26. The lowest BCUT2D eigenvalue weighted by Crippen LogP contribution is -2.44. The van der Waals surface area contributed by atoms with E-state index in [1.165, 1.54) is 5.56 Å². The first-order valence-electron chi connectivity index (χ1n) is 5.97. The maximum Gasteiger partial charge on any atom is 0.115 e. The molecule has 1 aliphatic rings. The van der Waals surface area contributed by atoms with Crippen LogP contribution in [-0.4, -0.2) is 47.6 Å². The second-order valence-electron chi connectivity index (χ2n) is 4.36. The van der Waals surface area contributed by atoms with Crippen molar-refractivity contribution in [3.63, 3.8) is 0 Å². The van der Waals surface area contributed by atoms with E-state index in [-0.39, 0.29) is 0 Å². The van der Waals surface area contributed by atoms with Gasteiger partial charge in [0.2, 0.25) is 0 Å². The van der Waals surface area contributed by atoms with Gasteiger partial charge >= 0.3 is 0 Å². The van der Waals surface area contributed by atoms with Crippen LogP contribution >= 0.6 is 0 Å². The molecular weight excluding hydrogens is 200 g/mol. The van der Waals surface area contributed by atoms with E-state index in [0.717, 1.165) is 50.5 Å². The Morgan fingerprint density at radius 1 is 1.19 bits per heavy atom. The molecule has 0 aliphatic carbocycles. The Hall–Kier alpha value is -1.00. The summed E-state index contributed by atoms with van der Waals surface area (Å²) < 4.78 is 0. The third kappa shape index (κ3) is 2.77. The predicted octanol–water partition coefficient (Wildman–Crippen LogP) is 0.541. The van der Waals surface area contributed by atoms with Gasteiger partial charge in [-0.15, -0.1) is 0 Å². The van der Waals surface area contributed by atoms with Gasteiger partial charge in [0.1, 0.15) is 6.33 Å². The lowest BCUT2D eigenvalue weighted by Gasteiger charge is -2.27. The van der Waals surface area contributed by atoms with Crippen LogP contribution in [0.1, 0.15) is 17.0 Å². The molecule has 0 bridgehead atoms. The average Bonchev–Trinajstić information content (AvgIpc) is 2.30. The molecule has 0 saturated carbocycles. The van der Waals surface area contributed by atoms with Gasteiger partial charge in [0, 0.05) is 44.1 Å². The summed E-state index contributed by atoms with van der Waals surface area (Å²) in [5, 5.41) is 3.37. The fourth-order valence-corrected chi connectivity index (χ4v) is 2.19. The Morgan fingerprint density at radius 3 is 2.44 bits per heavy atom. The van der Waals surface area contributed by atoms with E-state index in [1.807, 2.05) is 0 Å². The number of aryl methyl sites for hydroxylation is 2. The molecule has 2 heterocycles. The fourth-order valence-electron chi connectivity index (χ4n) is 2.19. The Balaban J connectivity index is 1.93. The van der Waals surface area contributed by atoms with E-state index in [2.05, 4.69) is 34.0 Å². The molecule has 2 rings (SSSR count). The average molecular weight is 220 g/mol. The Labute approximate surface area is 97.1 Å². The molecule has 4 nitrogen and oxygen atoms in total. The van der Waals surface area contributed by atoms with Crippen molar-refractivity contribution in [1.82, 2.24) is 20.2 Å². The summed E-state index contributed by atoms with van der Waals surface area (Å²) in [4.78, 5) is 11.0. The first-order valence-corrected chi connectivity index (χ1v) is 5.97. The number of hydrogen-bond donors (Lipinski definition) is 1. The van der Waals surface area contributed by atoms with Crippen LogP contribution in [0, 0.1) is 13.8 Å². The van der Waals surface area contributed by atoms with Crippen molar-refractivity contribution in [2.75, 3.05) is 32.7 Å². The maximum absolute atomic E-state index is 4.26. The molecule has 1 aromatic heterocycles. The number of aromatic nitrogens is 2. The highest BCUT2D eigenvalue weighted by Gasteiger charge is 2.11. The lowest BCUT2D eigenvalue weighted by atomic mass is 10.1. The molecule has 1 aromatic rings. The van der Waals surface area contributed by atoms with Crippen molar-refractivity contribution in [1.29, 1.82) is 0 Å². The van der Waals surface area contributed by atoms with Gasteiger partial charge in [-0.05, 0) is 25.8 Å². The van der Waals surface area contributed by atoms with Crippen molar-refractivity contribution in [3.05, 3.63) is 23.3 Å². The van der Waals surface area contributed by atoms with Gasteiger partial charge in [-0.25, -0.2) is 9.97 Å². The van der Waals surface area contributed by atoms with Gasteiger partial charge in [0.05, 0.1) is 0 Å². The minimum absolute atomic E-state index is 1.07. The molecule has 1 saturated heterocycles. The molecule has 88 valence electrons. The largest absolute Gasteiger partial charge is 0.314 e. The highest BCUT2D eigenvalue weighted by Crippen LogP contribution is 2.09. The second kappa shape index (κ2) is 5.37. The van der Waals surface area contributed by atoms with Crippen molar-refractivity contribution >= 4 is 0 Å². The molecule has 0 unspecified atom stereocenters. The molecule has 0 aromatic carbocycles. The van der Waals surface area contributed by atoms with E-state index in [0.29, 0.717) is 0 Å². The molecule has 0 amide bonds. The molecule has 4 heteroatoms. The van der Waals surface area contributed by atoms with Crippen LogP contribution in [0.4, 0.5) is 0 Å². The minimum atomic E-state index is 1.07. The van der Waals surface area contributed by atoms with E-state index >= 15 is 0 Å². The first kappa shape index (κ1) is 11.5. The molecule has 0 radical (unpaired) electrons. The van der Waals surface area contributed by atoms with Crippen molar-refractivity contribution in [3.8, 4) is 0 Å². The van der Waals surface area contributed by atoms with Crippen molar-refractivity contribution in [2.24, 2.45) is 0 Å². The highest BCUT2D eigenvalue weighted by molar-refractivity contribution is 5.22. The summed E-state index contributed by atoms with van der Waals surface area (Å²) in [6, 6.07) is 0. The normalized spacial score (nSPS) is 17.6. The summed E-state index contributed by atoms with van der Waals surface area (Å²) in [5.41, 5.74) is 3.58. The quantitative estimate of drug-likeness (QED) is 0.807. The zero-order valence-corrected chi connectivity index (χ0v) is 10.2. The molecule has 0 atom stereocenters. The van der Waals surface area contributed by atoms with Crippen LogP contribution in [0.2, 0.25) is 0 Å². The van der Waals surface area contributed by atoms with Gasteiger partial charge in [-0.2, -0.15) is 0 Å². The Morgan fingerprint density at radius 2 is 1.81 bits per heavy atom. The van der Waals surface area contributed by atoms with E-state index in [9.17, 15) is 0 Å². The number of hydrogen-bond acceptors (Lipinski definition) is 4. The number of nitrogens with one attached hydrogen (secondary N) is 1. The predicted molar refractivity (Wildman–Crippen MR) is 64.5 cm³/mol. The molecule has 1 fully saturated rings. The molecule has 0 spiro atoms. The Kier molecular flexibility index (Phi) is 3.85. The monoisotopic (exact) mass is 220 g/mol. The summed E-state index contributed by atoms with van der Waals surface area (Å²) in [6.07, 6.45) is 2.72. The van der Waals surface area contributed by atoms with E-state index in [4.69, 9.17) is 0 Å². The minimum Gasteiger partial charge on any atom is -0.314 e. The topological polar surface area (TPSA) is 41.1 Å². The highest BCUT2D eigenvalue weighted by atomic mass is 15.2. The number of piperazine rings is 1. The van der Waals surface area contributed by atoms with Gasteiger partial charge in [-0.3, -0.25) is 0 Å². The number of rotatable bonds is 3. The van der Waals surface area contributed by atoms with E-state index < -0.39 is 0 Å². The second-order valence-corrected chi connectivity index (χ2v) is 4.36. The molecule has 16 heavy (non-hydrogen) atoms. The third-order valence-electron chi connectivity index (χ3n) is 3.26. The van der Waals surface area contributed by atoms with Crippen LogP contribution in [0.25, 0.3) is 0 Å². The molecular formula is C12H20N4. The van der Waals surface area contributed by atoms with Crippen molar-refractivity contribution < 1.29 is 0 Å². The van der Waals surface area contributed by atoms with Crippen LogP contribution in [-0.2, 0) is 6.42 Å². The van der Waals surface area contributed by atoms with Crippen LogP contribution in [0.5, 0.6) is 0 Å². The fraction of sp³-hybridized carbons (Fsp3) is 0.667. The summed E-state index contributed by atoms with van der Waals surface area (Å²) >= 11 is 0. The van der Waals surface area contributed by atoms with Crippen LogP contribution in [0.3, 0.4) is 0 Å². The van der Waals surface area contributed by atoms with Gasteiger partial charge < -0.3 is 10.2 Å². The van der Waals surface area contributed by atoms with Gasteiger partial charge in [0.15, 0.2) is 0 Å². The molecule has 1 aliphatic heterocycles. The zero-order chi connectivity index (χ0) is 11.4. The van der Waals surface area contributed by atoms with E-state index in [1.54, 1.807) is 6.33 Å². The Bertz CT molecular complexity index is 325. The summed E-state index contributed by atoms with van der Waals surface area (Å²) in [5.74, 6) is 0. The third-order valence-corrected chi connectivity index (χ3v) is 3.26. The first-order chi connectivity index (χ1) is 7.77. The zero-order valence-electron chi connectivity index (χ0n) is 10.2. The standard InChI is InChI=1S/C12H20N4/c1-10-12(11(2)15-9-14-10)3-6-16-7-4-13-5-8-16/h9,13H,3-8H2,1-2H3. The van der Waals surface area contributed by atoms with Gasteiger partial charge in [0.25, 0.3) is 0 Å². The smallest absolute Gasteiger partial charge is 0.115 e. The molecule has 1 N–H and O–H groups in total. The van der Waals surface area contributed by atoms with Crippen molar-refractivity contribution in [2.45, 2.75) is 20.3 Å². The van der Waals surface area contributed by atoms with Crippen LogP contribution in [0.15, 0.2) is 6.33 Å². The lowest BCUT2D eigenvalue weighted by molar-refractivity contribution is 0.243. The number of nitrogens with zero attached hydrogens (tertiary/aromatic N) is 3.